The number of amides is 2. The van der Waals surface area contributed by atoms with E-state index in [9.17, 15) is 4.79 Å². The van der Waals surface area contributed by atoms with Gasteiger partial charge in [0.25, 0.3) is 6.03 Å². The van der Waals surface area contributed by atoms with E-state index in [4.69, 9.17) is 0 Å². The minimum atomic E-state index is -0.681. The van der Waals surface area contributed by atoms with Gasteiger partial charge in [0.15, 0.2) is 0 Å². The van der Waals surface area contributed by atoms with Crippen molar-refractivity contribution in [2.75, 3.05) is 0 Å². The zero-order valence-electron chi connectivity index (χ0n) is 2.39. The van der Waals surface area contributed by atoms with Crippen molar-refractivity contribution in [1.82, 2.24) is 4.72 Å². The Hall–Kier alpha value is -0.380. The molecule has 0 bridgehead atoms. The van der Waals surface area contributed by atoms with Crippen LogP contribution in [-0.4, -0.2) is 6.03 Å². The molecule has 0 saturated heterocycles. The van der Waals surface area contributed by atoms with Crippen LogP contribution in [0.15, 0.2) is 0 Å². The van der Waals surface area contributed by atoms with Gasteiger partial charge in [0, 0.05) is 0 Å². The van der Waals surface area contributed by atoms with Crippen LogP contribution in [0.5, 0.6) is 0 Å². The molecule has 0 unspecified atom stereocenters. The number of carbonyl (C=O) groups excluding carboxylic acids is 1. The second kappa shape index (κ2) is 1.90. The molecule has 0 fully saturated rings. The molecule has 0 aromatic carbocycles. The molecule has 0 saturated carbocycles. The van der Waals surface area contributed by atoms with E-state index in [0.29, 0.717) is 0 Å². The lowest BCUT2D eigenvalue weighted by atomic mass is 11.2. The third-order valence-corrected chi connectivity index (χ3v) is 0.302. The summed E-state index contributed by atoms with van der Waals surface area (Å²) in [4.78, 5) is 9.38. The zero-order chi connectivity index (χ0) is 4.28. The van der Waals surface area contributed by atoms with E-state index < -0.39 is 6.03 Å². The Bertz CT molecular complexity index is 44.9. The third kappa shape index (κ3) is 3.62. The number of carbonyl (C=O) groups is 1. The molecule has 30 valence electrons. The van der Waals surface area contributed by atoms with Crippen molar-refractivity contribution in [3.8, 4) is 0 Å². The predicted octanol–water partition coefficient (Wildman–Crippen LogP) is -0.883. The SMILES string of the molecule is NC(=O)N[S-]. The number of nitrogens with one attached hydrogen (secondary N) is 1. The zero-order valence-corrected chi connectivity index (χ0v) is 3.21. The number of nitrogens with two attached hydrogens (primary N) is 1. The number of urea groups is 1. The van der Waals surface area contributed by atoms with Crippen molar-refractivity contribution in [3.05, 3.63) is 0 Å². The fourth-order valence-corrected chi connectivity index (χ4v) is 0. The first-order valence-electron chi connectivity index (χ1n) is 0.947. The first-order valence-corrected chi connectivity index (χ1v) is 1.36. The second-order valence-electron chi connectivity index (χ2n) is 0.466. The maximum atomic E-state index is 9.38. The fraction of sp³-hybridized carbons (Fsp3) is 0. The van der Waals surface area contributed by atoms with E-state index in [1.165, 1.54) is 0 Å². The van der Waals surface area contributed by atoms with Crippen LogP contribution in [0, 0.1) is 0 Å². The average molecular weight is 91.1 g/mol. The molecule has 0 aliphatic heterocycles. The highest BCUT2D eigenvalue weighted by atomic mass is 32.1. The Morgan fingerprint density at radius 1 is 2.00 bits per heavy atom. The molecule has 0 aromatic rings. The number of hydrogen-bond donors (Lipinski definition) is 2. The van der Waals surface area contributed by atoms with Gasteiger partial charge in [-0.2, -0.15) is 0 Å². The van der Waals surface area contributed by atoms with Crippen LogP contribution in [0.3, 0.4) is 0 Å². The van der Waals surface area contributed by atoms with Gasteiger partial charge < -0.3 is 23.3 Å². The molecule has 0 aromatic heterocycles. The third-order valence-electron chi connectivity index (χ3n) is 0.101. The van der Waals surface area contributed by atoms with Gasteiger partial charge in [-0.05, 0) is 0 Å². The summed E-state index contributed by atoms with van der Waals surface area (Å²) in [5, 5.41) is 0. The van der Waals surface area contributed by atoms with E-state index in [1.807, 2.05) is 0 Å². The Morgan fingerprint density at radius 3 is 2.20 bits per heavy atom. The van der Waals surface area contributed by atoms with Gasteiger partial charge in [0.1, 0.15) is 0 Å². The molecule has 0 aliphatic rings. The Labute approximate surface area is 35.1 Å². The van der Waals surface area contributed by atoms with E-state index in [-0.39, 0.29) is 0 Å². The summed E-state index contributed by atoms with van der Waals surface area (Å²) in [6.07, 6.45) is 0. The quantitative estimate of drug-likeness (QED) is 0.380. The standard InChI is InChI=1S/CH3N2OS/c2-1(4)3-5/h(H3-,2,3,4,5)/q-1. The maximum absolute atomic E-state index is 9.38. The number of primary amides is 1. The lowest BCUT2D eigenvalue weighted by molar-refractivity contribution is 0.254. The van der Waals surface area contributed by atoms with E-state index >= 15 is 0 Å². The summed E-state index contributed by atoms with van der Waals surface area (Å²) in [6, 6.07) is -0.681. The monoisotopic (exact) mass is 91.0 g/mol. The highest BCUT2D eigenvalue weighted by Crippen LogP contribution is 1.40. The van der Waals surface area contributed by atoms with Gasteiger partial charge in [-0.15, -0.1) is 0 Å². The molecule has 3 N–H and O–H groups in total. The second-order valence-corrected chi connectivity index (χ2v) is 0.670. The lowest BCUT2D eigenvalue weighted by Gasteiger charge is -1.97. The highest BCUT2D eigenvalue weighted by molar-refractivity contribution is 7.57. The summed E-state index contributed by atoms with van der Waals surface area (Å²) in [5.41, 5.74) is 4.44. The Morgan fingerprint density at radius 2 is 2.20 bits per heavy atom. The van der Waals surface area contributed by atoms with E-state index in [2.05, 4.69) is 18.5 Å². The Kier molecular flexibility index (Phi) is 1.75. The van der Waals surface area contributed by atoms with E-state index in [0.717, 1.165) is 0 Å². The lowest BCUT2D eigenvalue weighted by Crippen LogP contribution is -2.23. The molecule has 0 radical (unpaired) electrons. The highest BCUT2D eigenvalue weighted by Gasteiger charge is 1.65. The summed E-state index contributed by atoms with van der Waals surface area (Å²) in [5.74, 6) is 0. The molecule has 0 aliphatic carbocycles. The summed E-state index contributed by atoms with van der Waals surface area (Å²) >= 11 is 3.95. The fourth-order valence-electron chi connectivity index (χ4n) is 0. The van der Waals surface area contributed by atoms with E-state index in [1.54, 1.807) is 4.72 Å². The van der Waals surface area contributed by atoms with Crippen molar-refractivity contribution in [1.29, 1.82) is 0 Å². The van der Waals surface area contributed by atoms with Crippen molar-refractivity contribution in [3.63, 3.8) is 0 Å². The van der Waals surface area contributed by atoms with Crippen LogP contribution < -0.4 is 10.5 Å². The molecular formula is CH3N2OS-. The topological polar surface area (TPSA) is 55.1 Å². The van der Waals surface area contributed by atoms with Crippen molar-refractivity contribution in [2.45, 2.75) is 0 Å². The van der Waals surface area contributed by atoms with Crippen LogP contribution in [0.2, 0.25) is 0 Å². The normalized spacial score (nSPS) is 6.60. The predicted molar refractivity (Wildman–Crippen MR) is 20.1 cm³/mol. The molecule has 5 heavy (non-hydrogen) atoms. The van der Waals surface area contributed by atoms with Crippen LogP contribution in [-0.2, 0) is 12.8 Å². The van der Waals surface area contributed by atoms with Crippen molar-refractivity contribution in [2.24, 2.45) is 5.73 Å². The summed E-state index contributed by atoms with van der Waals surface area (Å²) in [6.45, 7) is 0. The minimum absolute atomic E-state index is 0.681. The number of rotatable bonds is 0. The molecule has 2 amide bonds. The maximum Gasteiger partial charge on any atom is 0.289 e. The van der Waals surface area contributed by atoms with Gasteiger partial charge in [-0.25, -0.2) is 0 Å². The molecule has 0 atom stereocenters. The number of hydrogen-bond acceptors (Lipinski definition) is 2. The first-order chi connectivity index (χ1) is 2.27. The smallest absolute Gasteiger partial charge is 0.289 e. The van der Waals surface area contributed by atoms with Crippen LogP contribution in [0.1, 0.15) is 0 Å². The van der Waals surface area contributed by atoms with Gasteiger partial charge in [0.2, 0.25) is 0 Å². The molecule has 0 rings (SSSR count). The van der Waals surface area contributed by atoms with Crippen molar-refractivity contribution >= 4 is 18.8 Å². The minimum Gasteiger partial charge on any atom is -0.666 e. The molecular weight excluding hydrogens is 88.1 g/mol. The summed E-state index contributed by atoms with van der Waals surface area (Å²) < 4.78 is 1.75. The Balaban J connectivity index is 2.85. The molecule has 0 heterocycles. The largest absolute Gasteiger partial charge is 0.666 e. The van der Waals surface area contributed by atoms with Crippen LogP contribution in [0.4, 0.5) is 4.79 Å². The molecule has 0 spiro atoms. The van der Waals surface area contributed by atoms with Crippen LogP contribution in [0.25, 0.3) is 0 Å². The van der Waals surface area contributed by atoms with Gasteiger partial charge in [-0.3, -0.25) is 4.79 Å². The van der Waals surface area contributed by atoms with Crippen molar-refractivity contribution < 1.29 is 4.79 Å². The summed E-state index contributed by atoms with van der Waals surface area (Å²) in [7, 11) is 0. The van der Waals surface area contributed by atoms with Gasteiger partial charge in [-0.1, -0.05) is 0 Å². The molecule has 3 nitrogen and oxygen atoms in total. The van der Waals surface area contributed by atoms with Gasteiger partial charge >= 0.3 is 0 Å². The first kappa shape index (κ1) is 4.62. The average Bonchev–Trinajstić information content (AvgIpc) is 1.38. The van der Waals surface area contributed by atoms with Gasteiger partial charge in [0.05, 0.1) is 0 Å². The molecule has 4 heteroatoms. The van der Waals surface area contributed by atoms with Crippen LogP contribution >= 0.6 is 0 Å².